The number of halogens is 1. The molecule has 2 saturated heterocycles. The highest BCUT2D eigenvalue weighted by molar-refractivity contribution is 7.22. The molecule has 140 valence electrons. The number of piperidine rings is 1. The quantitative estimate of drug-likeness (QED) is 0.873. The van der Waals surface area contributed by atoms with Gasteiger partial charge in [0.05, 0.1) is 10.2 Å². The Kier molecular flexibility index (Phi) is 5.36. The van der Waals surface area contributed by atoms with Gasteiger partial charge in [-0.2, -0.15) is 0 Å². The molecule has 26 heavy (non-hydrogen) atoms. The third-order valence-corrected chi connectivity index (χ3v) is 6.44. The van der Waals surface area contributed by atoms with Gasteiger partial charge in [0.1, 0.15) is 6.67 Å². The monoisotopic (exact) mass is 375 g/mol. The van der Waals surface area contributed by atoms with E-state index in [1.807, 2.05) is 12.1 Å². The van der Waals surface area contributed by atoms with E-state index >= 15 is 0 Å². The average Bonchev–Trinajstić information content (AvgIpc) is 3.33. The molecule has 0 saturated carbocycles. The zero-order chi connectivity index (χ0) is 17.9. The fourth-order valence-electron chi connectivity index (χ4n) is 3.95. The van der Waals surface area contributed by atoms with Crippen molar-refractivity contribution in [3.8, 4) is 0 Å². The molecule has 2 aliphatic rings. The minimum atomic E-state index is -0.550. The molecule has 1 amide bonds. The number of fused-ring (bicyclic) bond motifs is 1. The SMILES string of the molecule is O=C(NCC[18F])c1ccc2nc(N3CC[C@@H](N4CCCCC4)C3)sc2c1. The average molecular weight is 376 g/mol. The van der Waals surface area contributed by atoms with Crippen LogP contribution >= 0.6 is 11.3 Å². The van der Waals surface area contributed by atoms with Gasteiger partial charge in [-0.3, -0.25) is 9.69 Å². The number of carbonyl (C=O) groups is 1. The lowest BCUT2D eigenvalue weighted by atomic mass is 10.1. The van der Waals surface area contributed by atoms with Gasteiger partial charge >= 0.3 is 0 Å². The number of aromatic nitrogens is 1. The Hall–Kier alpha value is -1.73. The number of carbonyl (C=O) groups excluding carboxylic acids is 1. The maximum atomic E-state index is 12.2. The highest BCUT2D eigenvalue weighted by Gasteiger charge is 2.30. The fourth-order valence-corrected chi connectivity index (χ4v) is 4.99. The first-order chi connectivity index (χ1) is 12.7. The number of hydrogen-bond acceptors (Lipinski definition) is 5. The largest absolute Gasteiger partial charge is 0.349 e. The molecule has 2 aromatic rings. The molecule has 2 fully saturated rings. The molecule has 7 heteroatoms. The molecule has 1 aromatic heterocycles. The van der Waals surface area contributed by atoms with Crippen LogP contribution in [0.2, 0.25) is 0 Å². The topological polar surface area (TPSA) is 48.5 Å². The number of nitrogens with one attached hydrogen (secondary N) is 1. The number of benzene rings is 1. The van der Waals surface area contributed by atoms with E-state index in [0.29, 0.717) is 11.6 Å². The summed E-state index contributed by atoms with van der Waals surface area (Å²) in [7, 11) is 0. The van der Waals surface area contributed by atoms with Crippen LogP contribution in [0.5, 0.6) is 0 Å². The van der Waals surface area contributed by atoms with Crippen LogP contribution in [0.3, 0.4) is 0 Å². The van der Waals surface area contributed by atoms with Crippen LogP contribution in [0.4, 0.5) is 9.52 Å². The molecule has 3 heterocycles. The number of thiazole rings is 1. The Labute approximate surface area is 157 Å². The first-order valence-corrected chi connectivity index (χ1v) is 10.3. The van der Waals surface area contributed by atoms with E-state index in [2.05, 4.69) is 15.1 Å². The van der Waals surface area contributed by atoms with E-state index in [1.165, 1.54) is 38.8 Å². The summed E-state index contributed by atoms with van der Waals surface area (Å²) < 4.78 is 13.2. The summed E-state index contributed by atoms with van der Waals surface area (Å²) in [6, 6.07) is 6.16. The second-order valence-corrected chi connectivity index (χ2v) is 8.12. The third kappa shape index (κ3) is 3.69. The zero-order valence-electron chi connectivity index (χ0n) is 14.9. The van der Waals surface area contributed by atoms with Gasteiger partial charge in [0.25, 0.3) is 5.91 Å². The lowest BCUT2D eigenvalue weighted by Gasteiger charge is -2.32. The summed E-state index contributed by atoms with van der Waals surface area (Å²) >= 11 is 1.64. The van der Waals surface area contributed by atoms with E-state index in [4.69, 9.17) is 4.98 Å². The van der Waals surface area contributed by atoms with Gasteiger partial charge in [0.2, 0.25) is 0 Å². The summed E-state index contributed by atoms with van der Waals surface area (Å²) in [5, 5.41) is 3.61. The maximum absolute atomic E-state index is 12.2. The van der Waals surface area contributed by atoms with Crippen molar-refractivity contribution >= 4 is 32.6 Å². The molecule has 4 rings (SSSR count). The van der Waals surface area contributed by atoms with Crippen LogP contribution in [0.1, 0.15) is 36.0 Å². The molecule has 0 spiro atoms. The van der Waals surface area contributed by atoms with Crippen LogP contribution < -0.4 is 10.2 Å². The number of anilines is 1. The van der Waals surface area contributed by atoms with Gasteiger partial charge in [0.15, 0.2) is 5.13 Å². The third-order valence-electron chi connectivity index (χ3n) is 5.36. The highest BCUT2D eigenvalue weighted by Crippen LogP contribution is 2.32. The molecule has 0 radical (unpaired) electrons. The number of rotatable bonds is 5. The number of nitrogens with zero attached hydrogens (tertiary/aromatic N) is 3. The lowest BCUT2D eigenvalue weighted by molar-refractivity contribution is 0.0951. The van der Waals surface area contributed by atoms with Crippen LogP contribution in [0.15, 0.2) is 18.2 Å². The molecule has 0 unspecified atom stereocenters. The van der Waals surface area contributed by atoms with Crippen molar-refractivity contribution in [2.45, 2.75) is 31.7 Å². The van der Waals surface area contributed by atoms with Crippen molar-refractivity contribution in [2.75, 3.05) is 44.3 Å². The van der Waals surface area contributed by atoms with Crippen LogP contribution in [0.25, 0.3) is 10.2 Å². The van der Waals surface area contributed by atoms with Gasteiger partial charge in [0, 0.05) is 31.2 Å². The molecular formula is C19H25FN4OS. The minimum Gasteiger partial charge on any atom is -0.349 e. The van der Waals surface area contributed by atoms with Gasteiger partial charge in [-0.1, -0.05) is 17.8 Å². The smallest absolute Gasteiger partial charge is 0.251 e. The summed E-state index contributed by atoms with van der Waals surface area (Å²) in [4.78, 5) is 21.8. The summed E-state index contributed by atoms with van der Waals surface area (Å²) in [5.41, 5.74) is 1.49. The molecule has 1 atom stereocenters. The highest BCUT2D eigenvalue weighted by atomic mass is 32.1. The normalized spacial score (nSPS) is 21.4. The summed E-state index contributed by atoms with van der Waals surface area (Å²) in [6.45, 7) is 4.06. The second kappa shape index (κ2) is 7.88. The maximum Gasteiger partial charge on any atom is 0.251 e. The zero-order valence-corrected chi connectivity index (χ0v) is 15.7. The summed E-state index contributed by atoms with van der Waals surface area (Å²) in [6.07, 6.45) is 5.22. The number of likely N-dealkylation sites (tertiary alicyclic amines) is 1. The lowest BCUT2D eigenvalue weighted by Crippen LogP contribution is -2.40. The van der Waals surface area contributed by atoms with Crippen molar-refractivity contribution in [1.82, 2.24) is 15.2 Å². The van der Waals surface area contributed by atoms with Crippen molar-refractivity contribution in [1.29, 1.82) is 0 Å². The number of alkyl halides is 1. The Balaban J connectivity index is 1.46. The van der Waals surface area contributed by atoms with E-state index in [-0.39, 0.29) is 12.5 Å². The molecule has 1 N–H and O–H groups in total. The summed E-state index contributed by atoms with van der Waals surface area (Å²) in [5.74, 6) is -0.231. The van der Waals surface area contributed by atoms with Crippen molar-refractivity contribution in [2.24, 2.45) is 0 Å². The van der Waals surface area contributed by atoms with Crippen molar-refractivity contribution in [3.05, 3.63) is 23.8 Å². The molecule has 2 aliphatic heterocycles. The first-order valence-electron chi connectivity index (χ1n) is 9.48. The molecule has 0 aliphatic carbocycles. The standard InChI is InChI=1S/C19H25FN4OS/c20-7-8-21-18(25)14-4-5-16-17(12-14)26-19(22-16)24-11-6-15(13-24)23-9-2-1-3-10-23/h4-5,12,15H,1-3,6-11,13H2,(H,21,25)/t15-/m1/s1/i20-1. The predicted molar refractivity (Wildman–Crippen MR) is 104 cm³/mol. The first kappa shape index (κ1) is 17.7. The van der Waals surface area contributed by atoms with Crippen molar-refractivity contribution in [3.63, 3.8) is 0 Å². The Morgan fingerprint density at radius 1 is 1.27 bits per heavy atom. The van der Waals surface area contributed by atoms with Gasteiger partial charge in [-0.15, -0.1) is 0 Å². The molecule has 0 bridgehead atoms. The van der Waals surface area contributed by atoms with Gasteiger partial charge in [-0.05, 0) is 50.6 Å². The van der Waals surface area contributed by atoms with E-state index in [0.717, 1.165) is 28.4 Å². The van der Waals surface area contributed by atoms with Crippen LogP contribution in [-0.4, -0.2) is 61.2 Å². The molecule has 5 nitrogen and oxygen atoms in total. The fraction of sp³-hybridized carbons (Fsp3) is 0.579. The van der Waals surface area contributed by atoms with E-state index in [1.54, 1.807) is 17.4 Å². The van der Waals surface area contributed by atoms with E-state index < -0.39 is 6.67 Å². The Bertz CT molecular complexity index is 774. The predicted octanol–water partition coefficient (Wildman–Crippen LogP) is 3.06. The molecular weight excluding hydrogens is 350 g/mol. The second-order valence-electron chi connectivity index (χ2n) is 7.11. The van der Waals surface area contributed by atoms with Crippen molar-refractivity contribution < 1.29 is 9.18 Å². The van der Waals surface area contributed by atoms with Crippen LogP contribution in [0, 0.1) is 0 Å². The molecule has 1 aromatic carbocycles. The number of amides is 1. The number of hydrogen-bond donors (Lipinski definition) is 1. The Morgan fingerprint density at radius 2 is 2.12 bits per heavy atom. The van der Waals surface area contributed by atoms with Crippen LogP contribution in [-0.2, 0) is 0 Å². The minimum absolute atomic E-state index is 0.0521. The van der Waals surface area contributed by atoms with E-state index in [9.17, 15) is 9.18 Å². The van der Waals surface area contributed by atoms with Gasteiger partial charge < -0.3 is 10.2 Å². The van der Waals surface area contributed by atoms with Gasteiger partial charge in [-0.25, -0.2) is 9.37 Å². The Morgan fingerprint density at radius 3 is 2.92 bits per heavy atom.